The van der Waals surface area contributed by atoms with Gasteiger partial charge in [-0.1, -0.05) is 110 Å². The molecule has 0 saturated carbocycles. The van der Waals surface area contributed by atoms with Crippen molar-refractivity contribution in [3.05, 3.63) is 108 Å². The molecule has 0 aliphatic carbocycles. The van der Waals surface area contributed by atoms with Crippen LogP contribution in [-0.4, -0.2) is 7.11 Å². The molecule has 0 N–H and O–H groups in total. The van der Waals surface area contributed by atoms with Gasteiger partial charge in [-0.05, 0) is 48.0 Å². The first-order valence-corrected chi connectivity index (χ1v) is 11.2. The lowest BCUT2D eigenvalue weighted by Gasteiger charge is -2.06. The molecule has 0 rings (SSSR count). The van der Waals surface area contributed by atoms with E-state index in [1.54, 1.807) is 19.1 Å². The Labute approximate surface area is 211 Å². The summed E-state index contributed by atoms with van der Waals surface area (Å²) in [5, 5.41) is 0.0312. The molecule has 192 valence electrons. The summed E-state index contributed by atoms with van der Waals surface area (Å²) >= 11 is 5.48. The predicted molar refractivity (Wildman–Crippen MR) is 145 cm³/mol. The van der Waals surface area contributed by atoms with Gasteiger partial charge in [-0.2, -0.15) is 0 Å². The van der Waals surface area contributed by atoms with Crippen molar-refractivity contribution in [1.82, 2.24) is 0 Å². The molecule has 34 heavy (non-hydrogen) atoms. The summed E-state index contributed by atoms with van der Waals surface area (Å²) in [6, 6.07) is 0. The smallest absolute Gasteiger partial charge is 0.157 e. The molecule has 0 aromatic heterocycles. The maximum absolute atomic E-state index is 12.6. The molecular formula is C29H42ClF3O. The number of hydrogen-bond acceptors (Lipinski definition) is 1. The Kier molecular flexibility index (Phi) is 20.1. The second-order valence-electron chi connectivity index (χ2n) is 8.44. The molecule has 0 aromatic carbocycles. The Hall–Kier alpha value is -2.46. The van der Waals surface area contributed by atoms with Gasteiger partial charge in [0.15, 0.2) is 11.6 Å². The van der Waals surface area contributed by atoms with Gasteiger partial charge < -0.3 is 4.74 Å². The molecule has 0 aliphatic heterocycles. The third kappa shape index (κ3) is 19.0. The summed E-state index contributed by atoms with van der Waals surface area (Å²) in [7, 11) is 1.41. The number of methoxy groups -OCH3 is 1. The molecule has 0 unspecified atom stereocenters. The second-order valence-corrected chi connectivity index (χ2v) is 8.84. The Morgan fingerprint density at radius 2 is 1.00 bits per heavy atom. The van der Waals surface area contributed by atoms with Crippen LogP contribution in [0, 0.1) is 17.8 Å². The third-order valence-corrected chi connectivity index (χ3v) is 4.74. The van der Waals surface area contributed by atoms with Crippen LogP contribution in [0.4, 0.5) is 13.2 Å². The van der Waals surface area contributed by atoms with E-state index < -0.39 is 11.7 Å². The molecular weight excluding hydrogens is 457 g/mol. The van der Waals surface area contributed by atoms with Crippen molar-refractivity contribution in [2.45, 2.75) is 48.5 Å². The van der Waals surface area contributed by atoms with E-state index >= 15 is 0 Å². The topological polar surface area (TPSA) is 9.23 Å². The van der Waals surface area contributed by atoms with Crippen LogP contribution in [0.3, 0.4) is 0 Å². The van der Waals surface area contributed by atoms with E-state index in [4.69, 9.17) is 16.3 Å². The van der Waals surface area contributed by atoms with E-state index in [-0.39, 0.29) is 28.5 Å². The van der Waals surface area contributed by atoms with Gasteiger partial charge in [0, 0.05) is 0 Å². The van der Waals surface area contributed by atoms with E-state index in [9.17, 15) is 13.2 Å². The predicted octanol–water partition coefficient (Wildman–Crippen LogP) is 10.6. The zero-order chi connectivity index (χ0) is 27.8. The van der Waals surface area contributed by atoms with Crippen molar-refractivity contribution < 1.29 is 17.9 Å². The van der Waals surface area contributed by atoms with E-state index in [0.29, 0.717) is 11.5 Å². The summed E-state index contributed by atoms with van der Waals surface area (Å²) < 4.78 is 42.0. The van der Waals surface area contributed by atoms with Crippen LogP contribution in [0.1, 0.15) is 48.5 Å². The number of ether oxygens (including phenoxy) is 1. The molecule has 0 saturated heterocycles. The largest absolute Gasteiger partial charge is 0.494 e. The van der Waals surface area contributed by atoms with Crippen LogP contribution in [0.2, 0.25) is 0 Å². The van der Waals surface area contributed by atoms with Gasteiger partial charge in [-0.25, -0.2) is 13.2 Å². The van der Waals surface area contributed by atoms with E-state index in [1.165, 1.54) is 13.2 Å². The van der Waals surface area contributed by atoms with E-state index in [0.717, 1.165) is 16.7 Å². The number of hydrogen-bond donors (Lipinski definition) is 0. The van der Waals surface area contributed by atoms with Crippen molar-refractivity contribution in [2.75, 3.05) is 7.11 Å². The summed E-state index contributed by atoms with van der Waals surface area (Å²) in [5.74, 6) is -0.491. The Balaban J connectivity index is -0.000000425. The van der Waals surface area contributed by atoms with Crippen LogP contribution in [0.25, 0.3) is 0 Å². The normalized spacial score (nSPS) is 11.8. The van der Waals surface area contributed by atoms with Gasteiger partial charge in [0.25, 0.3) is 0 Å². The summed E-state index contributed by atoms with van der Waals surface area (Å²) in [4.78, 5) is 0. The highest BCUT2D eigenvalue weighted by Crippen LogP contribution is 2.19. The summed E-state index contributed by atoms with van der Waals surface area (Å²) in [6.45, 7) is 34.3. The van der Waals surface area contributed by atoms with Crippen LogP contribution in [-0.2, 0) is 4.74 Å². The average Bonchev–Trinajstić information content (AvgIpc) is 2.71. The molecule has 0 radical (unpaired) electrons. The van der Waals surface area contributed by atoms with Gasteiger partial charge in [0.1, 0.15) is 11.7 Å². The Morgan fingerprint density at radius 1 is 0.647 bits per heavy atom. The monoisotopic (exact) mass is 498 g/mol. The summed E-state index contributed by atoms with van der Waals surface area (Å²) in [5.41, 5.74) is 3.12. The molecule has 0 bridgehead atoms. The molecule has 0 atom stereocenters. The first-order valence-electron chi connectivity index (χ1n) is 10.8. The van der Waals surface area contributed by atoms with Crippen LogP contribution >= 0.6 is 11.6 Å². The van der Waals surface area contributed by atoms with E-state index in [2.05, 4.69) is 39.5 Å². The molecule has 0 amide bonds. The molecule has 0 heterocycles. The second kappa shape index (κ2) is 18.9. The summed E-state index contributed by atoms with van der Waals surface area (Å²) in [6.07, 6.45) is 4.79. The zero-order valence-corrected chi connectivity index (χ0v) is 22.9. The first-order chi connectivity index (χ1) is 15.4. The van der Waals surface area contributed by atoms with Crippen LogP contribution in [0.15, 0.2) is 108 Å². The standard InChI is InChI=1S/C10H15FO.C10H15F.C9H12ClF/c1-7(2)8(3)6-10(12-5)9(4)11;1-7(2)8(3)6-9(4)10(5)11;1-6(2)7(3)5-9(10)8(4)11/h6-7H,3-4H2,1-2,5H3;6-7H,3,5H2,1-2,4H3;5-6H,3-4H2,1-2H3/b10-6+;9-6-;9-5+. The van der Waals surface area contributed by atoms with Crippen molar-refractivity contribution >= 4 is 11.6 Å². The Bertz CT molecular complexity index is 791. The lowest BCUT2D eigenvalue weighted by molar-refractivity contribution is 0.283. The minimum Gasteiger partial charge on any atom is -0.494 e. The molecule has 1 nitrogen and oxygen atoms in total. The molecule has 0 aliphatic rings. The third-order valence-electron chi connectivity index (χ3n) is 4.43. The van der Waals surface area contributed by atoms with Gasteiger partial charge in [-0.3, -0.25) is 0 Å². The maximum Gasteiger partial charge on any atom is 0.157 e. The number of rotatable bonds is 10. The lowest BCUT2D eigenvalue weighted by atomic mass is 10.0. The van der Waals surface area contributed by atoms with Crippen molar-refractivity contribution in [1.29, 1.82) is 0 Å². The molecule has 0 spiro atoms. The lowest BCUT2D eigenvalue weighted by Crippen LogP contribution is -1.93. The minimum absolute atomic E-state index is 0.0312. The van der Waals surface area contributed by atoms with Gasteiger partial charge >= 0.3 is 0 Å². The van der Waals surface area contributed by atoms with Crippen molar-refractivity contribution in [3.8, 4) is 0 Å². The fraction of sp³-hybridized carbons (Fsp3) is 0.379. The highest BCUT2D eigenvalue weighted by atomic mass is 35.5. The average molecular weight is 499 g/mol. The number of allylic oxidation sites excluding steroid dienone is 11. The molecule has 0 fully saturated rings. The highest BCUT2D eigenvalue weighted by Gasteiger charge is 2.04. The van der Waals surface area contributed by atoms with E-state index in [1.807, 2.05) is 41.5 Å². The SMILES string of the molecule is C=C(F)/C(=C\C(=C)C(C)C)OC.C=C(F)/C(C)=C\C(=C)C(C)C.C=C(F)/C(Cl)=C\C(=C)C(C)C. The van der Waals surface area contributed by atoms with Crippen LogP contribution < -0.4 is 0 Å². The molecule has 5 heteroatoms. The minimum atomic E-state index is -0.617. The number of halogens is 4. The van der Waals surface area contributed by atoms with Crippen LogP contribution in [0.5, 0.6) is 0 Å². The maximum atomic E-state index is 12.6. The fourth-order valence-corrected chi connectivity index (χ4v) is 1.65. The van der Waals surface area contributed by atoms with Crippen molar-refractivity contribution in [3.63, 3.8) is 0 Å². The first kappa shape index (κ1) is 36.1. The zero-order valence-electron chi connectivity index (χ0n) is 22.1. The highest BCUT2D eigenvalue weighted by molar-refractivity contribution is 6.31. The quantitative estimate of drug-likeness (QED) is 0.215. The van der Waals surface area contributed by atoms with Gasteiger partial charge in [-0.15, -0.1) is 0 Å². The molecule has 0 aromatic rings. The van der Waals surface area contributed by atoms with Gasteiger partial charge in [0.05, 0.1) is 12.1 Å². The van der Waals surface area contributed by atoms with Crippen molar-refractivity contribution in [2.24, 2.45) is 17.8 Å². The Morgan fingerprint density at radius 3 is 1.26 bits per heavy atom. The van der Waals surface area contributed by atoms with Gasteiger partial charge in [0.2, 0.25) is 0 Å². The fourth-order valence-electron chi connectivity index (χ4n) is 1.51.